The Morgan fingerprint density at radius 3 is 2.09 bits per heavy atom. The molecule has 2 N–H and O–H groups in total. The highest BCUT2D eigenvalue weighted by molar-refractivity contribution is 5.88. The minimum absolute atomic E-state index is 0.194. The van der Waals surface area contributed by atoms with Crippen molar-refractivity contribution in [1.82, 2.24) is 0 Å². The molecular weight excluding hydrogens is 452 g/mol. The highest BCUT2D eigenvalue weighted by Gasteiger charge is 2.53. The van der Waals surface area contributed by atoms with Gasteiger partial charge < -0.3 is 33.9 Å². The third-order valence-corrected chi connectivity index (χ3v) is 6.26. The first-order valence-corrected chi connectivity index (χ1v) is 11.9. The molecule has 4 rings (SSSR count). The zero-order valence-corrected chi connectivity index (χ0v) is 20.8. The molecule has 0 radical (unpaired) electrons. The Labute approximate surface area is 205 Å². The van der Waals surface area contributed by atoms with Crippen LogP contribution in [0.25, 0.3) is 11.1 Å². The van der Waals surface area contributed by atoms with E-state index in [2.05, 4.69) is 6.92 Å². The van der Waals surface area contributed by atoms with Gasteiger partial charge >= 0.3 is 5.97 Å². The summed E-state index contributed by atoms with van der Waals surface area (Å²) in [4.78, 5) is 11.3. The number of hydrogen-bond acceptors (Lipinski definition) is 7. The van der Waals surface area contributed by atoms with Crippen molar-refractivity contribution in [3.8, 4) is 16.9 Å². The lowest BCUT2D eigenvalue weighted by Gasteiger charge is -2.26. The minimum atomic E-state index is -0.966. The summed E-state index contributed by atoms with van der Waals surface area (Å²) in [5.41, 5.74) is 3.10. The van der Waals surface area contributed by atoms with Crippen molar-refractivity contribution in [3.05, 3.63) is 53.6 Å². The van der Waals surface area contributed by atoms with E-state index in [9.17, 15) is 15.0 Å². The Balaban J connectivity index is 1.59. The van der Waals surface area contributed by atoms with Gasteiger partial charge in [0.1, 0.15) is 36.8 Å². The second kappa shape index (κ2) is 9.87. The van der Waals surface area contributed by atoms with E-state index in [1.807, 2.05) is 32.0 Å². The maximum absolute atomic E-state index is 11.3. The van der Waals surface area contributed by atoms with Gasteiger partial charge in [0.2, 0.25) is 0 Å². The molecule has 2 fully saturated rings. The van der Waals surface area contributed by atoms with Gasteiger partial charge in [0.05, 0.1) is 12.2 Å². The third-order valence-electron chi connectivity index (χ3n) is 6.26. The summed E-state index contributed by atoms with van der Waals surface area (Å²) >= 11 is 0. The van der Waals surface area contributed by atoms with Gasteiger partial charge in [0.15, 0.2) is 11.6 Å². The van der Waals surface area contributed by atoms with Gasteiger partial charge in [-0.15, -0.1) is 0 Å². The molecule has 8 heteroatoms. The van der Waals surface area contributed by atoms with Crippen molar-refractivity contribution >= 4 is 5.97 Å². The zero-order valence-electron chi connectivity index (χ0n) is 20.8. The summed E-state index contributed by atoms with van der Waals surface area (Å²) in [6.45, 7) is 9.34. The number of carbonyl (C=O) groups is 1. The summed E-state index contributed by atoms with van der Waals surface area (Å²) in [5, 5.41) is 19.1. The first-order valence-electron chi connectivity index (χ1n) is 11.9. The van der Waals surface area contributed by atoms with E-state index in [-0.39, 0.29) is 18.8 Å². The van der Waals surface area contributed by atoms with Crippen LogP contribution in [0.1, 0.15) is 50.5 Å². The lowest BCUT2D eigenvalue weighted by Crippen LogP contribution is -2.45. The molecule has 0 unspecified atom stereocenters. The van der Waals surface area contributed by atoms with Crippen LogP contribution in [0, 0.1) is 0 Å². The smallest absolute Gasteiger partial charge is 0.335 e. The van der Waals surface area contributed by atoms with Crippen molar-refractivity contribution in [2.45, 2.75) is 77.0 Å². The molecule has 2 aliphatic heterocycles. The molecule has 190 valence electrons. The number of aromatic carboxylic acids is 1. The second-order valence-corrected chi connectivity index (χ2v) is 9.80. The average molecular weight is 487 g/mol. The maximum Gasteiger partial charge on any atom is 0.335 e. The molecule has 4 atom stereocenters. The molecule has 35 heavy (non-hydrogen) atoms. The van der Waals surface area contributed by atoms with E-state index in [1.165, 1.54) is 0 Å². The Kier molecular flexibility index (Phi) is 7.22. The maximum atomic E-state index is 11.3. The van der Waals surface area contributed by atoms with Gasteiger partial charge in [-0.2, -0.15) is 0 Å². The molecule has 2 aromatic rings. The number of hydrogen-bond donors (Lipinski definition) is 2. The highest BCUT2D eigenvalue weighted by Crippen LogP contribution is 2.40. The molecule has 0 aromatic heterocycles. The van der Waals surface area contributed by atoms with E-state index in [1.54, 1.807) is 38.1 Å². The van der Waals surface area contributed by atoms with E-state index in [0.717, 1.165) is 23.1 Å². The molecular formula is C27H34O8. The van der Waals surface area contributed by atoms with Crippen LogP contribution in [0.4, 0.5) is 0 Å². The van der Waals surface area contributed by atoms with Crippen LogP contribution in [-0.4, -0.2) is 65.4 Å². The highest BCUT2D eigenvalue weighted by atomic mass is 16.8. The van der Waals surface area contributed by atoms with E-state index >= 15 is 0 Å². The number of aliphatic hydroxyl groups is 1. The average Bonchev–Trinajstić information content (AvgIpc) is 3.31. The molecule has 0 bridgehead atoms. The first-order chi connectivity index (χ1) is 16.5. The summed E-state index contributed by atoms with van der Waals surface area (Å²) in [6.07, 6.45) is -1.24. The van der Waals surface area contributed by atoms with Crippen LogP contribution in [0.2, 0.25) is 0 Å². The van der Waals surface area contributed by atoms with Crippen LogP contribution in [0.5, 0.6) is 5.75 Å². The molecule has 2 aromatic carbocycles. The number of ether oxygens (including phenoxy) is 5. The number of carboxylic acids is 1. The second-order valence-electron chi connectivity index (χ2n) is 9.80. The Hall–Kier alpha value is -2.49. The van der Waals surface area contributed by atoms with Gasteiger partial charge in [-0.25, -0.2) is 4.79 Å². The SMILES string of the molecule is CCc1cccc(OC[C@@H]2OC(C)(C)O[C@H]2[C@H]2OC(C)(C)O[C@@H]2CO)c1-c1ccc(C(=O)O)cc1. The predicted molar refractivity (Wildman–Crippen MR) is 128 cm³/mol. The minimum Gasteiger partial charge on any atom is -0.490 e. The number of carboxylic acid groups (broad SMARTS) is 1. The van der Waals surface area contributed by atoms with Crippen molar-refractivity contribution in [2.75, 3.05) is 13.2 Å². The van der Waals surface area contributed by atoms with Crippen LogP contribution in [0.15, 0.2) is 42.5 Å². The largest absolute Gasteiger partial charge is 0.490 e. The molecule has 8 nitrogen and oxygen atoms in total. The van der Waals surface area contributed by atoms with Gasteiger partial charge in [-0.05, 0) is 63.4 Å². The zero-order chi connectivity index (χ0) is 25.4. The first kappa shape index (κ1) is 25.6. The summed E-state index contributed by atoms with van der Waals surface area (Å²) in [6, 6.07) is 12.6. The molecule has 2 heterocycles. The normalized spacial score (nSPS) is 27.1. The summed E-state index contributed by atoms with van der Waals surface area (Å²) < 4.78 is 30.6. The monoisotopic (exact) mass is 486 g/mol. The Morgan fingerprint density at radius 1 is 0.914 bits per heavy atom. The number of benzene rings is 2. The summed E-state index contributed by atoms with van der Waals surface area (Å²) in [5.74, 6) is -1.99. The fraction of sp³-hybridized carbons (Fsp3) is 0.519. The lowest BCUT2D eigenvalue weighted by molar-refractivity contribution is -0.175. The van der Waals surface area contributed by atoms with Gasteiger partial charge in [-0.1, -0.05) is 31.2 Å². The van der Waals surface area contributed by atoms with Crippen LogP contribution in [0.3, 0.4) is 0 Å². The third kappa shape index (κ3) is 5.52. The van der Waals surface area contributed by atoms with Gasteiger partial charge in [-0.3, -0.25) is 0 Å². The van der Waals surface area contributed by atoms with E-state index in [0.29, 0.717) is 5.75 Å². The molecule has 2 aliphatic rings. The van der Waals surface area contributed by atoms with Crippen molar-refractivity contribution in [2.24, 2.45) is 0 Å². The van der Waals surface area contributed by atoms with Crippen LogP contribution in [-0.2, 0) is 25.4 Å². The lowest BCUT2D eigenvalue weighted by atomic mass is 9.96. The molecule has 0 aliphatic carbocycles. The quantitative estimate of drug-likeness (QED) is 0.577. The number of rotatable bonds is 8. The van der Waals surface area contributed by atoms with E-state index < -0.39 is 42.0 Å². The fourth-order valence-electron chi connectivity index (χ4n) is 4.82. The molecule has 0 saturated carbocycles. The standard InChI is InChI=1S/C27H34O8/c1-6-16-8-7-9-19(22(16)17-10-12-18(13-11-17)25(29)30)31-15-21-24(35-27(4,5)33-21)23-20(14-28)32-26(2,3)34-23/h7-13,20-21,23-24,28H,6,14-15H2,1-5H3,(H,29,30)/t20-,21+,23+,24-/m1/s1. The number of aryl methyl sites for hydroxylation is 1. The van der Waals surface area contributed by atoms with Crippen molar-refractivity contribution in [3.63, 3.8) is 0 Å². The van der Waals surface area contributed by atoms with Gasteiger partial charge in [0.25, 0.3) is 0 Å². The summed E-state index contributed by atoms with van der Waals surface area (Å²) in [7, 11) is 0. The molecule has 0 amide bonds. The van der Waals surface area contributed by atoms with Crippen LogP contribution < -0.4 is 4.74 Å². The van der Waals surface area contributed by atoms with Gasteiger partial charge in [0, 0.05) is 5.56 Å². The predicted octanol–water partition coefficient (Wildman–Crippen LogP) is 4.03. The Morgan fingerprint density at radius 2 is 1.51 bits per heavy atom. The van der Waals surface area contributed by atoms with Crippen LogP contribution >= 0.6 is 0 Å². The van der Waals surface area contributed by atoms with E-state index in [4.69, 9.17) is 23.7 Å². The Bertz CT molecular complexity index is 1050. The number of aliphatic hydroxyl groups excluding tert-OH is 1. The molecule has 2 saturated heterocycles. The van der Waals surface area contributed by atoms with Crippen molar-refractivity contribution in [1.29, 1.82) is 0 Å². The molecule has 0 spiro atoms. The van der Waals surface area contributed by atoms with Crippen molar-refractivity contribution < 1.29 is 38.7 Å². The fourth-order valence-corrected chi connectivity index (χ4v) is 4.82. The topological polar surface area (TPSA) is 104 Å².